The Morgan fingerprint density at radius 3 is 1.20 bits per heavy atom. The predicted octanol–water partition coefficient (Wildman–Crippen LogP) is 16.8. The third kappa shape index (κ3) is 7.30. The van der Waals surface area contributed by atoms with Gasteiger partial charge < -0.3 is 4.42 Å². The van der Waals surface area contributed by atoms with E-state index in [0.717, 1.165) is 116 Å². The summed E-state index contributed by atoms with van der Waals surface area (Å²) in [5.74, 6) is 1.81. The van der Waals surface area contributed by atoms with Crippen molar-refractivity contribution >= 4 is 43.6 Å². The molecular weight excluding hydrogens is 841 g/mol. The van der Waals surface area contributed by atoms with Crippen LogP contribution in [0, 0.1) is 0 Å². The number of furan rings is 1. The van der Waals surface area contributed by atoms with E-state index in [9.17, 15) is 0 Å². The summed E-state index contributed by atoms with van der Waals surface area (Å²) < 4.78 is 6.70. The maximum Gasteiger partial charge on any atom is 0.164 e. The Morgan fingerprint density at radius 2 is 0.652 bits per heavy atom. The number of nitrogens with zero attached hydrogens (tertiary/aromatic N) is 4. The highest BCUT2D eigenvalue weighted by Gasteiger charge is 2.22. The first-order chi connectivity index (χ1) is 34.2. The normalized spacial score (nSPS) is 11.5. The molecule has 0 saturated carbocycles. The fraction of sp³-hybridized carbons (Fsp3) is 0. The Labute approximate surface area is 398 Å². The van der Waals surface area contributed by atoms with Gasteiger partial charge in [0.15, 0.2) is 17.5 Å². The second kappa shape index (κ2) is 16.8. The van der Waals surface area contributed by atoms with Crippen molar-refractivity contribution in [2.45, 2.75) is 0 Å². The van der Waals surface area contributed by atoms with E-state index in [0.29, 0.717) is 17.5 Å². The molecular formula is C64H40N4O. The van der Waals surface area contributed by atoms with Crippen LogP contribution in [0.4, 0.5) is 0 Å². The van der Waals surface area contributed by atoms with Crippen molar-refractivity contribution in [3.8, 4) is 89.9 Å². The fourth-order valence-electron chi connectivity index (χ4n) is 9.81. The molecule has 5 nitrogen and oxygen atoms in total. The Morgan fingerprint density at radius 1 is 0.246 bits per heavy atom. The molecule has 13 rings (SSSR count). The van der Waals surface area contributed by atoms with Gasteiger partial charge in [0.1, 0.15) is 11.2 Å². The van der Waals surface area contributed by atoms with Crippen molar-refractivity contribution in [2.24, 2.45) is 0 Å². The number of aromatic nitrogens is 4. The van der Waals surface area contributed by atoms with E-state index in [1.54, 1.807) is 0 Å². The van der Waals surface area contributed by atoms with Gasteiger partial charge in [0.2, 0.25) is 0 Å². The molecule has 3 heterocycles. The average Bonchev–Trinajstić information content (AvgIpc) is 3.81. The molecule has 0 bridgehead atoms. The van der Waals surface area contributed by atoms with E-state index in [1.807, 2.05) is 24.3 Å². The van der Waals surface area contributed by atoms with Crippen LogP contribution in [0.2, 0.25) is 0 Å². The largest absolute Gasteiger partial charge is 0.456 e. The van der Waals surface area contributed by atoms with Gasteiger partial charge in [0, 0.05) is 54.7 Å². The summed E-state index contributed by atoms with van der Waals surface area (Å²) in [5.41, 5.74) is 16.1. The Bertz CT molecular complexity index is 3970. The van der Waals surface area contributed by atoms with Gasteiger partial charge in [0.25, 0.3) is 0 Å². The molecule has 13 aromatic rings. The molecule has 0 unspecified atom stereocenters. The summed E-state index contributed by atoms with van der Waals surface area (Å²) in [4.78, 5) is 20.9. The molecule has 0 radical (unpaired) electrons. The number of para-hydroxylation sites is 2. The molecule has 69 heavy (non-hydrogen) atoms. The number of hydrogen-bond donors (Lipinski definition) is 0. The second-order valence-electron chi connectivity index (χ2n) is 17.4. The number of hydrogen-bond acceptors (Lipinski definition) is 5. The molecule has 0 N–H and O–H groups in total. The maximum atomic E-state index is 6.70. The molecule has 0 amide bonds. The molecule has 0 spiro atoms. The summed E-state index contributed by atoms with van der Waals surface area (Å²) in [6.45, 7) is 0. The van der Waals surface area contributed by atoms with Crippen molar-refractivity contribution in [1.29, 1.82) is 0 Å². The zero-order chi connectivity index (χ0) is 45.7. The quantitative estimate of drug-likeness (QED) is 0.142. The van der Waals surface area contributed by atoms with Gasteiger partial charge in [-0.3, -0.25) is 0 Å². The molecule has 0 aliphatic carbocycles. The zero-order valence-corrected chi connectivity index (χ0v) is 37.3. The Hall–Kier alpha value is -9.32. The Balaban J connectivity index is 0.987. The molecule has 0 aliphatic heterocycles. The van der Waals surface area contributed by atoms with Gasteiger partial charge in [-0.25, -0.2) is 19.9 Å². The van der Waals surface area contributed by atoms with Gasteiger partial charge >= 0.3 is 0 Å². The van der Waals surface area contributed by atoms with E-state index in [4.69, 9.17) is 24.4 Å². The predicted molar refractivity (Wildman–Crippen MR) is 283 cm³/mol. The van der Waals surface area contributed by atoms with Gasteiger partial charge in [0.05, 0.1) is 11.2 Å². The average molecular weight is 881 g/mol. The first-order valence-electron chi connectivity index (χ1n) is 23.2. The fourth-order valence-corrected chi connectivity index (χ4v) is 9.81. The minimum atomic E-state index is 0.594. The van der Waals surface area contributed by atoms with E-state index in [2.05, 4.69) is 218 Å². The smallest absolute Gasteiger partial charge is 0.164 e. The summed E-state index contributed by atoms with van der Waals surface area (Å²) in [6.07, 6.45) is 0. The van der Waals surface area contributed by atoms with E-state index >= 15 is 0 Å². The lowest BCUT2D eigenvalue weighted by molar-refractivity contribution is 0.669. The van der Waals surface area contributed by atoms with Crippen LogP contribution in [0.1, 0.15) is 0 Å². The number of benzene rings is 10. The summed E-state index contributed by atoms with van der Waals surface area (Å²) >= 11 is 0. The van der Waals surface area contributed by atoms with Crippen LogP contribution in [-0.2, 0) is 0 Å². The van der Waals surface area contributed by atoms with Gasteiger partial charge in [-0.15, -0.1) is 0 Å². The number of pyridine rings is 1. The van der Waals surface area contributed by atoms with Crippen LogP contribution in [-0.4, -0.2) is 19.9 Å². The second-order valence-corrected chi connectivity index (χ2v) is 17.4. The topological polar surface area (TPSA) is 64.7 Å². The standard InChI is InChI=1S/C64H40N4O/c1-4-18-41(19-5-1)44-24-15-29-49(37-44)62-66-63(50-30-16-25-45(38-50)42-20-6-2-7-21-42)68-64(67-62)51-31-17-27-47(39-51)46-26-14-28-48(36-46)58-59-52-32-10-12-34-55(52)65-61(43-22-8-3-9-23-43)54(59)40-57-60(58)53-33-11-13-35-56(53)69-57/h1-40H. The third-order valence-electron chi connectivity index (χ3n) is 13.1. The van der Waals surface area contributed by atoms with E-state index < -0.39 is 0 Å². The summed E-state index contributed by atoms with van der Waals surface area (Å²) in [6, 6.07) is 84.6. The Kier molecular flexibility index (Phi) is 9.76. The van der Waals surface area contributed by atoms with Gasteiger partial charge in [-0.05, 0) is 81.4 Å². The van der Waals surface area contributed by atoms with Crippen molar-refractivity contribution in [3.05, 3.63) is 243 Å². The minimum Gasteiger partial charge on any atom is -0.456 e. The van der Waals surface area contributed by atoms with E-state index in [-0.39, 0.29) is 0 Å². The molecule has 5 heteroatoms. The van der Waals surface area contributed by atoms with E-state index in [1.165, 1.54) is 0 Å². The summed E-state index contributed by atoms with van der Waals surface area (Å²) in [7, 11) is 0. The third-order valence-corrected chi connectivity index (χ3v) is 13.1. The highest BCUT2D eigenvalue weighted by atomic mass is 16.3. The lowest BCUT2D eigenvalue weighted by Crippen LogP contribution is -2.00. The first kappa shape index (κ1) is 40.0. The van der Waals surface area contributed by atoms with Crippen molar-refractivity contribution in [2.75, 3.05) is 0 Å². The molecule has 10 aromatic carbocycles. The van der Waals surface area contributed by atoms with Gasteiger partial charge in [-0.2, -0.15) is 0 Å². The highest BCUT2D eigenvalue weighted by Crippen LogP contribution is 2.47. The van der Waals surface area contributed by atoms with Crippen molar-refractivity contribution < 1.29 is 4.42 Å². The SMILES string of the molecule is c1ccc(-c2cccc(-c3nc(-c4cccc(-c5ccccc5)c4)nc(-c4cccc(-c5cccc(-c6c7c(cc8c(-c9ccccc9)nc9ccccc9c68)oc6ccccc67)c5)c4)n3)c2)cc1. The van der Waals surface area contributed by atoms with Crippen LogP contribution >= 0.6 is 0 Å². The van der Waals surface area contributed by atoms with Crippen molar-refractivity contribution in [1.82, 2.24) is 19.9 Å². The molecule has 0 saturated heterocycles. The maximum absolute atomic E-state index is 6.70. The zero-order valence-electron chi connectivity index (χ0n) is 37.3. The molecule has 0 aliphatic rings. The number of rotatable bonds is 8. The lowest BCUT2D eigenvalue weighted by atomic mass is 9.88. The first-order valence-corrected chi connectivity index (χ1v) is 23.2. The molecule has 3 aromatic heterocycles. The molecule has 0 fully saturated rings. The lowest BCUT2D eigenvalue weighted by Gasteiger charge is -2.16. The highest BCUT2D eigenvalue weighted by molar-refractivity contribution is 6.27. The van der Waals surface area contributed by atoms with Crippen LogP contribution < -0.4 is 0 Å². The monoisotopic (exact) mass is 880 g/mol. The molecule has 322 valence electrons. The molecule has 0 atom stereocenters. The number of fused-ring (bicyclic) bond motifs is 6. The van der Waals surface area contributed by atoms with Crippen LogP contribution in [0.15, 0.2) is 247 Å². The minimum absolute atomic E-state index is 0.594. The van der Waals surface area contributed by atoms with Crippen LogP contribution in [0.5, 0.6) is 0 Å². The van der Waals surface area contributed by atoms with Gasteiger partial charge in [-0.1, -0.05) is 200 Å². The van der Waals surface area contributed by atoms with Crippen LogP contribution in [0.3, 0.4) is 0 Å². The van der Waals surface area contributed by atoms with Crippen LogP contribution in [0.25, 0.3) is 134 Å². The van der Waals surface area contributed by atoms with Crippen molar-refractivity contribution in [3.63, 3.8) is 0 Å². The summed E-state index contributed by atoms with van der Waals surface area (Å²) in [5, 5.41) is 5.43.